The van der Waals surface area contributed by atoms with Crippen LogP contribution in [0.15, 0.2) is 102 Å². The molecule has 1 unspecified atom stereocenters. The number of benzene rings is 3. The summed E-state index contributed by atoms with van der Waals surface area (Å²) in [6.07, 6.45) is 0.886. The molecule has 4 rings (SSSR count). The molecular formula is C35H42N4O6S. The Hall–Kier alpha value is -4.45. The molecule has 46 heavy (non-hydrogen) atoms. The van der Waals surface area contributed by atoms with Crippen LogP contribution in [-0.4, -0.2) is 61.7 Å². The van der Waals surface area contributed by atoms with Crippen LogP contribution in [0, 0.1) is 0 Å². The van der Waals surface area contributed by atoms with Crippen molar-refractivity contribution in [3.63, 3.8) is 0 Å². The molecule has 0 bridgehead atoms. The van der Waals surface area contributed by atoms with Gasteiger partial charge in [-0.3, -0.25) is 19.2 Å². The van der Waals surface area contributed by atoms with Crippen molar-refractivity contribution in [2.45, 2.75) is 51.4 Å². The van der Waals surface area contributed by atoms with Crippen molar-refractivity contribution in [2.24, 2.45) is 0 Å². The van der Waals surface area contributed by atoms with Crippen molar-refractivity contribution >= 4 is 27.5 Å². The standard InChI is InChI=1S/C35H42N4O6S/c1-5-46(43,44)38-30-21-28(34(41)36-24(2)33-17-12-18-45-33)20-29(22-30)35(42)37-31(19-26-13-8-6-9-14-26)32(40)23-39(4)25(3)27-15-10-7-11-16-27/h6-18,20-22,24-25,31-32,38,40H,5,19,23H2,1-4H3,(H,36,41)(H,37,42)/t24?,25-,31-,32+/m0/s1. The van der Waals surface area contributed by atoms with Gasteiger partial charge in [0.15, 0.2) is 0 Å². The lowest BCUT2D eigenvalue weighted by molar-refractivity contribution is 0.0656. The van der Waals surface area contributed by atoms with Crippen LogP contribution in [0.2, 0.25) is 0 Å². The quantitative estimate of drug-likeness (QED) is 0.144. The van der Waals surface area contributed by atoms with Gasteiger partial charge in [-0.15, -0.1) is 0 Å². The number of hydrogen-bond donors (Lipinski definition) is 4. The van der Waals surface area contributed by atoms with Crippen LogP contribution in [0.3, 0.4) is 0 Å². The van der Waals surface area contributed by atoms with Crippen molar-refractivity contribution in [3.8, 4) is 0 Å². The first-order valence-electron chi connectivity index (χ1n) is 15.2. The summed E-state index contributed by atoms with van der Waals surface area (Å²) in [5.41, 5.74) is 2.23. The highest BCUT2D eigenvalue weighted by Gasteiger charge is 2.26. The maximum atomic E-state index is 13.8. The normalized spacial score (nSPS) is 14.2. The van der Waals surface area contributed by atoms with E-state index in [1.807, 2.05) is 72.6 Å². The van der Waals surface area contributed by atoms with Crippen molar-refractivity contribution in [3.05, 3.63) is 125 Å². The van der Waals surface area contributed by atoms with Crippen LogP contribution in [0.25, 0.3) is 0 Å². The summed E-state index contributed by atoms with van der Waals surface area (Å²) in [6.45, 7) is 5.56. The average Bonchev–Trinajstić information content (AvgIpc) is 3.60. The number of furan rings is 1. The second kappa shape index (κ2) is 15.7. The minimum absolute atomic E-state index is 0.0110. The van der Waals surface area contributed by atoms with E-state index in [-0.39, 0.29) is 35.2 Å². The molecule has 10 nitrogen and oxygen atoms in total. The molecule has 0 aliphatic carbocycles. The lowest BCUT2D eigenvalue weighted by Gasteiger charge is -2.31. The number of carbonyl (C=O) groups excluding carboxylic acids is 2. The Labute approximate surface area is 270 Å². The number of carbonyl (C=O) groups is 2. The van der Waals surface area contributed by atoms with Crippen molar-refractivity contribution in [2.75, 3.05) is 24.1 Å². The number of rotatable bonds is 15. The van der Waals surface area contributed by atoms with E-state index in [0.717, 1.165) is 11.1 Å². The molecule has 0 aliphatic heterocycles. The molecule has 0 saturated carbocycles. The number of nitrogens with one attached hydrogen (secondary N) is 3. The zero-order chi connectivity index (χ0) is 33.3. The van der Waals surface area contributed by atoms with E-state index in [9.17, 15) is 23.1 Å². The van der Waals surface area contributed by atoms with Gasteiger partial charge in [-0.1, -0.05) is 60.7 Å². The lowest BCUT2D eigenvalue weighted by Crippen LogP contribution is -2.49. The predicted octanol–water partition coefficient (Wildman–Crippen LogP) is 4.93. The van der Waals surface area contributed by atoms with Crippen LogP contribution in [-0.2, 0) is 16.4 Å². The Morgan fingerprint density at radius 1 is 0.870 bits per heavy atom. The van der Waals surface area contributed by atoms with Crippen LogP contribution in [0.4, 0.5) is 5.69 Å². The van der Waals surface area contributed by atoms with Gasteiger partial charge in [0, 0.05) is 23.7 Å². The molecule has 0 radical (unpaired) electrons. The predicted molar refractivity (Wildman–Crippen MR) is 179 cm³/mol. The van der Waals surface area contributed by atoms with E-state index in [1.54, 1.807) is 19.1 Å². The molecule has 1 aromatic heterocycles. The SMILES string of the molecule is CCS(=O)(=O)Nc1cc(C(=O)NC(C)c2ccco2)cc(C(=O)N[C@@H](Cc2ccccc2)[C@H](O)CN(C)[C@@H](C)c2ccccc2)c1. The fraction of sp³-hybridized carbons (Fsp3) is 0.314. The minimum Gasteiger partial charge on any atom is -0.467 e. The third-order valence-corrected chi connectivity index (χ3v) is 9.23. The Morgan fingerprint density at radius 2 is 1.48 bits per heavy atom. The molecular weight excluding hydrogens is 604 g/mol. The largest absolute Gasteiger partial charge is 0.467 e. The molecule has 4 atom stereocenters. The summed E-state index contributed by atoms with van der Waals surface area (Å²) in [7, 11) is -1.79. The van der Waals surface area contributed by atoms with E-state index in [4.69, 9.17) is 4.42 Å². The van der Waals surface area contributed by atoms with E-state index >= 15 is 0 Å². The van der Waals surface area contributed by atoms with Gasteiger partial charge in [0.1, 0.15) is 5.76 Å². The molecule has 4 N–H and O–H groups in total. The maximum absolute atomic E-state index is 13.8. The molecule has 11 heteroatoms. The molecule has 3 aromatic carbocycles. The monoisotopic (exact) mass is 646 g/mol. The van der Waals surface area contributed by atoms with Gasteiger partial charge in [0.25, 0.3) is 11.8 Å². The molecule has 0 fully saturated rings. The van der Waals surface area contributed by atoms with Gasteiger partial charge in [-0.05, 0) is 75.7 Å². The van der Waals surface area contributed by atoms with Crippen LogP contribution < -0.4 is 15.4 Å². The Balaban J connectivity index is 1.60. The van der Waals surface area contributed by atoms with Crippen molar-refractivity contribution in [1.82, 2.24) is 15.5 Å². The smallest absolute Gasteiger partial charge is 0.251 e. The molecule has 4 aromatic rings. The Morgan fingerprint density at radius 3 is 2.07 bits per heavy atom. The number of aliphatic hydroxyl groups excluding tert-OH is 1. The Kier molecular flexibility index (Phi) is 11.8. The Bertz CT molecular complexity index is 1680. The summed E-state index contributed by atoms with van der Waals surface area (Å²) < 4.78 is 32.7. The first-order chi connectivity index (χ1) is 22.0. The van der Waals surface area contributed by atoms with E-state index in [1.165, 1.54) is 31.4 Å². The lowest BCUT2D eigenvalue weighted by atomic mass is 9.99. The summed E-state index contributed by atoms with van der Waals surface area (Å²) >= 11 is 0. The summed E-state index contributed by atoms with van der Waals surface area (Å²) in [4.78, 5) is 29.1. The van der Waals surface area contributed by atoms with Gasteiger partial charge in [0.05, 0.1) is 35.9 Å². The number of likely N-dealkylation sites (N-methyl/N-ethyl adjacent to an activating group) is 1. The highest BCUT2D eigenvalue weighted by Crippen LogP contribution is 2.22. The molecule has 0 spiro atoms. The van der Waals surface area contributed by atoms with Gasteiger partial charge in [-0.2, -0.15) is 0 Å². The van der Waals surface area contributed by atoms with Crippen LogP contribution in [0.1, 0.15) is 70.5 Å². The minimum atomic E-state index is -3.71. The summed E-state index contributed by atoms with van der Waals surface area (Å²) in [5, 5.41) is 17.3. The van der Waals surface area contributed by atoms with Gasteiger partial charge in [-0.25, -0.2) is 8.42 Å². The molecule has 1 heterocycles. The molecule has 0 aliphatic rings. The van der Waals surface area contributed by atoms with E-state index < -0.39 is 40.0 Å². The number of aliphatic hydroxyl groups is 1. The average molecular weight is 647 g/mol. The summed E-state index contributed by atoms with van der Waals surface area (Å²) in [5.74, 6) is -0.739. The highest BCUT2D eigenvalue weighted by atomic mass is 32.2. The van der Waals surface area contributed by atoms with E-state index in [0.29, 0.717) is 12.2 Å². The second-order valence-electron chi connectivity index (χ2n) is 11.4. The van der Waals surface area contributed by atoms with Crippen molar-refractivity contribution in [1.29, 1.82) is 0 Å². The van der Waals surface area contributed by atoms with Crippen LogP contribution >= 0.6 is 0 Å². The zero-order valence-electron chi connectivity index (χ0n) is 26.5. The molecule has 244 valence electrons. The topological polar surface area (TPSA) is 141 Å². The highest BCUT2D eigenvalue weighted by molar-refractivity contribution is 7.92. The maximum Gasteiger partial charge on any atom is 0.251 e. The number of sulfonamides is 1. The van der Waals surface area contributed by atoms with Crippen molar-refractivity contribution < 1.29 is 27.5 Å². The zero-order valence-corrected chi connectivity index (χ0v) is 27.3. The van der Waals surface area contributed by atoms with E-state index in [2.05, 4.69) is 22.3 Å². The van der Waals surface area contributed by atoms with Gasteiger partial charge >= 0.3 is 0 Å². The first kappa shape index (κ1) is 34.4. The number of anilines is 1. The molecule has 2 amide bonds. The third-order valence-electron chi connectivity index (χ3n) is 7.93. The second-order valence-corrected chi connectivity index (χ2v) is 13.4. The summed E-state index contributed by atoms with van der Waals surface area (Å²) in [6, 6.07) is 25.9. The fourth-order valence-electron chi connectivity index (χ4n) is 5.06. The molecule has 0 saturated heterocycles. The fourth-order valence-corrected chi connectivity index (χ4v) is 5.68. The number of nitrogens with zero attached hydrogens (tertiary/aromatic N) is 1. The number of amides is 2. The first-order valence-corrected chi connectivity index (χ1v) is 16.9. The number of hydrogen-bond acceptors (Lipinski definition) is 7. The van der Waals surface area contributed by atoms with Crippen LogP contribution in [0.5, 0.6) is 0 Å². The van der Waals surface area contributed by atoms with Gasteiger partial charge in [0.2, 0.25) is 10.0 Å². The third kappa shape index (κ3) is 9.53. The van der Waals surface area contributed by atoms with Gasteiger partial charge < -0.3 is 20.2 Å².